The van der Waals surface area contributed by atoms with Crippen molar-refractivity contribution >= 4 is 7.82 Å². The molecule has 0 amide bonds. The van der Waals surface area contributed by atoms with Crippen molar-refractivity contribution in [3.05, 3.63) is 0 Å². The van der Waals surface area contributed by atoms with Crippen LogP contribution in [0.4, 0.5) is 0 Å². The molecule has 0 saturated heterocycles. The van der Waals surface area contributed by atoms with Crippen molar-refractivity contribution in [2.24, 2.45) is 0 Å². The molecule has 0 aliphatic rings. The summed E-state index contributed by atoms with van der Waals surface area (Å²) in [5, 5.41) is 0. The molecule has 0 aromatic carbocycles. The lowest BCUT2D eigenvalue weighted by molar-refractivity contribution is 0.103. The molecular weight excluding hydrogens is 395 g/mol. The summed E-state index contributed by atoms with van der Waals surface area (Å²) in [6.45, 7) is 11.6. The van der Waals surface area contributed by atoms with E-state index in [0.717, 1.165) is 97.4 Å². The molecule has 0 aromatic heterocycles. The standard InChI is InChI=1S/C21H45O7P/c1-4-23-16-10-7-13-19-26-29(22,27-20-14-8-11-17-24-5-2)28-21-15-9-12-18-25-6-3/h4-21H2,1-3H3. The molecule has 0 radical (unpaired) electrons. The molecule has 0 aliphatic carbocycles. The molecule has 0 spiro atoms. The second kappa shape index (κ2) is 22.7. The molecule has 0 bridgehead atoms. The van der Waals surface area contributed by atoms with E-state index in [1.165, 1.54) is 0 Å². The van der Waals surface area contributed by atoms with Crippen LogP contribution in [0.3, 0.4) is 0 Å². The van der Waals surface area contributed by atoms with Crippen LogP contribution in [0.5, 0.6) is 0 Å². The first-order valence-corrected chi connectivity index (χ1v) is 12.9. The normalized spacial score (nSPS) is 12.0. The Hall–Kier alpha value is -0.0100. The van der Waals surface area contributed by atoms with Gasteiger partial charge in [0.05, 0.1) is 19.8 Å². The van der Waals surface area contributed by atoms with E-state index < -0.39 is 7.82 Å². The Labute approximate surface area is 178 Å². The zero-order chi connectivity index (χ0) is 21.5. The number of hydrogen-bond acceptors (Lipinski definition) is 7. The van der Waals surface area contributed by atoms with Gasteiger partial charge < -0.3 is 14.2 Å². The van der Waals surface area contributed by atoms with Crippen LogP contribution in [0.25, 0.3) is 0 Å². The number of phosphoric ester groups is 1. The molecule has 0 aromatic rings. The summed E-state index contributed by atoms with van der Waals surface area (Å²) in [4.78, 5) is 0. The molecule has 29 heavy (non-hydrogen) atoms. The maximum atomic E-state index is 12.9. The number of rotatable bonds is 24. The van der Waals surface area contributed by atoms with Crippen LogP contribution in [0.1, 0.15) is 78.6 Å². The van der Waals surface area contributed by atoms with E-state index in [-0.39, 0.29) is 0 Å². The summed E-state index contributed by atoms with van der Waals surface area (Å²) in [7, 11) is -3.50. The highest BCUT2D eigenvalue weighted by Crippen LogP contribution is 2.49. The average Bonchev–Trinajstić information content (AvgIpc) is 2.72. The summed E-state index contributed by atoms with van der Waals surface area (Å²) in [6, 6.07) is 0. The SMILES string of the molecule is CCOCCCCCOP(=O)(OCCCCCOCC)OCCCCCOCC. The Morgan fingerprint density at radius 1 is 0.448 bits per heavy atom. The molecular formula is C21H45O7P. The van der Waals surface area contributed by atoms with Crippen LogP contribution < -0.4 is 0 Å². The minimum atomic E-state index is -3.50. The minimum Gasteiger partial charge on any atom is -0.382 e. The third-order valence-corrected chi connectivity index (χ3v) is 5.66. The first-order valence-electron chi connectivity index (χ1n) is 11.4. The van der Waals surface area contributed by atoms with Gasteiger partial charge in [0, 0.05) is 39.6 Å². The summed E-state index contributed by atoms with van der Waals surface area (Å²) in [5.41, 5.74) is 0. The quantitative estimate of drug-likeness (QED) is 0.139. The average molecular weight is 441 g/mol. The molecule has 0 heterocycles. The van der Waals surface area contributed by atoms with Gasteiger partial charge in [-0.2, -0.15) is 0 Å². The van der Waals surface area contributed by atoms with Gasteiger partial charge in [-0.1, -0.05) is 0 Å². The van der Waals surface area contributed by atoms with Gasteiger partial charge in [0.25, 0.3) is 0 Å². The first-order chi connectivity index (χ1) is 14.2. The molecule has 0 atom stereocenters. The molecule has 0 unspecified atom stereocenters. The van der Waals surface area contributed by atoms with Crippen LogP contribution in [-0.4, -0.2) is 59.5 Å². The largest absolute Gasteiger partial charge is 0.474 e. The maximum Gasteiger partial charge on any atom is 0.474 e. The fourth-order valence-electron chi connectivity index (χ4n) is 2.52. The lowest BCUT2D eigenvalue weighted by Gasteiger charge is -2.18. The van der Waals surface area contributed by atoms with Crippen molar-refractivity contribution in [3.63, 3.8) is 0 Å². The highest BCUT2D eigenvalue weighted by molar-refractivity contribution is 7.48. The monoisotopic (exact) mass is 440 g/mol. The molecule has 8 heteroatoms. The maximum absolute atomic E-state index is 12.9. The van der Waals surface area contributed by atoms with Gasteiger partial charge in [0.1, 0.15) is 0 Å². The van der Waals surface area contributed by atoms with Crippen molar-refractivity contribution in [2.45, 2.75) is 78.6 Å². The fraction of sp³-hybridized carbons (Fsp3) is 1.00. The smallest absolute Gasteiger partial charge is 0.382 e. The van der Waals surface area contributed by atoms with Crippen molar-refractivity contribution in [2.75, 3.05) is 59.5 Å². The number of unbranched alkanes of at least 4 members (excludes halogenated alkanes) is 6. The molecule has 176 valence electrons. The Bertz CT molecular complexity index is 317. The predicted octanol–water partition coefficient (Wildman–Crippen LogP) is 5.76. The van der Waals surface area contributed by atoms with Gasteiger partial charge in [0.2, 0.25) is 0 Å². The van der Waals surface area contributed by atoms with Crippen LogP contribution in [0.15, 0.2) is 0 Å². The minimum absolute atomic E-state index is 0.373. The fourth-order valence-corrected chi connectivity index (χ4v) is 3.80. The van der Waals surface area contributed by atoms with Crippen molar-refractivity contribution in [1.82, 2.24) is 0 Å². The van der Waals surface area contributed by atoms with Gasteiger partial charge in [-0.25, -0.2) is 4.57 Å². The van der Waals surface area contributed by atoms with E-state index in [1.807, 2.05) is 20.8 Å². The van der Waals surface area contributed by atoms with Crippen molar-refractivity contribution < 1.29 is 32.3 Å². The number of hydrogen-bond donors (Lipinski definition) is 0. The van der Waals surface area contributed by atoms with Crippen molar-refractivity contribution in [1.29, 1.82) is 0 Å². The number of phosphoric acid groups is 1. The molecule has 0 fully saturated rings. The highest BCUT2D eigenvalue weighted by Gasteiger charge is 2.26. The molecule has 0 aliphatic heterocycles. The van der Waals surface area contributed by atoms with Gasteiger partial charge in [0.15, 0.2) is 0 Å². The van der Waals surface area contributed by atoms with E-state index in [4.69, 9.17) is 27.8 Å². The van der Waals surface area contributed by atoms with E-state index in [1.54, 1.807) is 0 Å². The predicted molar refractivity (Wildman–Crippen MR) is 116 cm³/mol. The third kappa shape index (κ3) is 21.0. The summed E-state index contributed by atoms with van der Waals surface area (Å²) < 4.78 is 45.5. The van der Waals surface area contributed by atoms with Gasteiger partial charge in [-0.05, 0) is 78.6 Å². The zero-order valence-corrected chi connectivity index (χ0v) is 19.9. The van der Waals surface area contributed by atoms with Crippen molar-refractivity contribution in [3.8, 4) is 0 Å². The van der Waals surface area contributed by atoms with Crippen LogP contribution in [-0.2, 0) is 32.3 Å². The molecule has 0 saturated carbocycles. The van der Waals surface area contributed by atoms with Crippen LogP contribution in [0.2, 0.25) is 0 Å². The summed E-state index contributed by atoms with van der Waals surface area (Å²) in [6.07, 6.45) is 8.26. The Morgan fingerprint density at radius 3 is 1.00 bits per heavy atom. The lowest BCUT2D eigenvalue weighted by atomic mass is 10.2. The molecule has 0 N–H and O–H groups in total. The Morgan fingerprint density at radius 2 is 0.724 bits per heavy atom. The lowest BCUT2D eigenvalue weighted by Crippen LogP contribution is -2.05. The van der Waals surface area contributed by atoms with E-state index in [9.17, 15) is 4.57 Å². The third-order valence-electron chi connectivity index (χ3n) is 4.16. The summed E-state index contributed by atoms with van der Waals surface area (Å²) >= 11 is 0. The molecule has 0 rings (SSSR count). The second-order valence-electron chi connectivity index (χ2n) is 6.72. The number of ether oxygens (including phenoxy) is 3. The van der Waals surface area contributed by atoms with Gasteiger partial charge in [-0.3, -0.25) is 13.6 Å². The van der Waals surface area contributed by atoms with E-state index >= 15 is 0 Å². The Kier molecular flexibility index (Phi) is 22.7. The van der Waals surface area contributed by atoms with Crippen LogP contribution >= 0.6 is 7.82 Å². The van der Waals surface area contributed by atoms with Crippen LogP contribution in [0, 0.1) is 0 Å². The first kappa shape index (κ1) is 29.0. The van der Waals surface area contributed by atoms with E-state index in [2.05, 4.69) is 0 Å². The van der Waals surface area contributed by atoms with E-state index in [0.29, 0.717) is 19.8 Å². The summed E-state index contributed by atoms with van der Waals surface area (Å²) in [5.74, 6) is 0. The second-order valence-corrected chi connectivity index (χ2v) is 8.39. The Balaban J connectivity index is 4.05. The highest BCUT2D eigenvalue weighted by atomic mass is 31.2. The van der Waals surface area contributed by atoms with Gasteiger partial charge in [-0.15, -0.1) is 0 Å². The topological polar surface area (TPSA) is 72.5 Å². The molecule has 7 nitrogen and oxygen atoms in total. The van der Waals surface area contributed by atoms with Gasteiger partial charge >= 0.3 is 7.82 Å². The zero-order valence-electron chi connectivity index (χ0n) is 19.0.